The normalized spacial score (nSPS) is 11.8. The molecule has 22 heavy (non-hydrogen) atoms. The molecule has 1 amide bonds. The van der Waals surface area contributed by atoms with Crippen molar-refractivity contribution in [2.24, 2.45) is 0 Å². The molecule has 0 unspecified atom stereocenters. The average Bonchev–Trinajstić information content (AvgIpc) is 2.55. The van der Waals surface area contributed by atoms with Gasteiger partial charge in [-0.25, -0.2) is 0 Å². The zero-order chi connectivity index (χ0) is 15.9. The van der Waals surface area contributed by atoms with Crippen molar-refractivity contribution in [3.63, 3.8) is 0 Å². The van der Waals surface area contributed by atoms with Crippen LogP contribution in [0, 0.1) is 0 Å². The molecule has 0 saturated heterocycles. The molecule has 0 aliphatic heterocycles. The second kappa shape index (κ2) is 7.82. The van der Waals surface area contributed by atoms with Crippen LogP contribution in [0.2, 0.25) is 5.02 Å². The summed E-state index contributed by atoms with van der Waals surface area (Å²) in [6.07, 6.45) is -0.179. The Bertz CT molecular complexity index is 631. The Kier molecular flexibility index (Phi) is 5.81. The quantitative estimate of drug-likeness (QED) is 0.859. The first-order valence-corrected chi connectivity index (χ1v) is 7.34. The van der Waals surface area contributed by atoms with Crippen LogP contribution in [0.3, 0.4) is 0 Å². The summed E-state index contributed by atoms with van der Waals surface area (Å²) in [6, 6.07) is 14.2. The highest BCUT2D eigenvalue weighted by Crippen LogP contribution is 2.22. The van der Waals surface area contributed by atoms with E-state index in [1.807, 2.05) is 30.3 Å². The zero-order valence-corrected chi connectivity index (χ0v) is 13.0. The van der Waals surface area contributed by atoms with Gasteiger partial charge >= 0.3 is 0 Å². The smallest absolute Gasteiger partial charge is 0.255 e. The summed E-state index contributed by atoms with van der Waals surface area (Å²) < 4.78 is 5.15. The predicted octanol–water partition coefficient (Wildman–Crippen LogP) is 3.20. The number of carbonyl (C=O) groups is 1. The lowest BCUT2D eigenvalue weighted by Gasteiger charge is -2.13. The average molecular weight is 320 g/mol. The van der Waals surface area contributed by atoms with Crippen LogP contribution in [0.4, 0.5) is 0 Å². The molecule has 0 radical (unpaired) electrons. The fraction of sp³-hybridized carbons (Fsp3) is 0.235. The molecule has 1 atom stereocenters. The van der Waals surface area contributed by atoms with Gasteiger partial charge < -0.3 is 15.2 Å². The third-order valence-electron chi connectivity index (χ3n) is 3.29. The summed E-state index contributed by atoms with van der Waals surface area (Å²) in [6.45, 7) is 0.352. The SMILES string of the molecule is COc1ccc(Cl)cc1C(=O)NCC[C@@H](O)c1ccccc1. The lowest BCUT2D eigenvalue weighted by atomic mass is 10.1. The van der Waals surface area contributed by atoms with Gasteiger partial charge in [0, 0.05) is 11.6 Å². The van der Waals surface area contributed by atoms with Gasteiger partial charge in [-0.2, -0.15) is 0 Å². The van der Waals surface area contributed by atoms with Crippen LogP contribution in [0.1, 0.15) is 28.4 Å². The van der Waals surface area contributed by atoms with E-state index in [4.69, 9.17) is 16.3 Å². The fourth-order valence-corrected chi connectivity index (χ4v) is 2.29. The lowest BCUT2D eigenvalue weighted by Crippen LogP contribution is -2.26. The Balaban J connectivity index is 1.92. The minimum absolute atomic E-state index is 0.278. The van der Waals surface area contributed by atoms with Gasteiger partial charge in [0.05, 0.1) is 18.8 Å². The molecule has 0 aliphatic rings. The van der Waals surface area contributed by atoms with Crippen LogP contribution in [0.25, 0.3) is 0 Å². The molecule has 0 heterocycles. The zero-order valence-electron chi connectivity index (χ0n) is 12.3. The van der Waals surface area contributed by atoms with E-state index < -0.39 is 6.10 Å². The van der Waals surface area contributed by atoms with E-state index in [-0.39, 0.29) is 5.91 Å². The van der Waals surface area contributed by atoms with Gasteiger partial charge in [0.2, 0.25) is 0 Å². The molecule has 0 saturated carbocycles. The molecule has 5 heteroatoms. The summed E-state index contributed by atoms with van der Waals surface area (Å²) in [5.74, 6) is 0.185. The summed E-state index contributed by atoms with van der Waals surface area (Å²) in [5, 5.41) is 13.3. The van der Waals surface area contributed by atoms with Gasteiger partial charge in [0.15, 0.2) is 0 Å². The first kappa shape index (κ1) is 16.3. The van der Waals surface area contributed by atoms with Crippen LogP contribution in [-0.2, 0) is 0 Å². The van der Waals surface area contributed by atoms with Gasteiger partial charge in [-0.1, -0.05) is 41.9 Å². The Labute approximate surface area is 134 Å². The minimum atomic E-state index is -0.609. The van der Waals surface area contributed by atoms with Crippen molar-refractivity contribution >= 4 is 17.5 Å². The number of rotatable bonds is 6. The van der Waals surface area contributed by atoms with Gasteiger partial charge in [0.25, 0.3) is 5.91 Å². The van der Waals surface area contributed by atoms with Crippen LogP contribution >= 0.6 is 11.6 Å². The van der Waals surface area contributed by atoms with Crippen molar-refractivity contribution in [1.29, 1.82) is 0 Å². The molecule has 0 aromatic heterocycles. The maximum Gasteiger partial charge on any atom is 0.255 e. The van der Waals surface area contributed by atoms with E-state index in [2.05, 4.69) is 5.32 Å². The molecule has 116 valence electrons. The molecule has 2 rings (SSSR count). The highest BCUT2D eigenvalue weighted by Gasteiger charge is 2.13. The third kappa shape index (κ3) is 4.23. The van der Waals surface area contributed by atoms with Gasteiger partial charge in [-0.15, -0.1) is 0 Å². The molecular weight excluding hydrogens is 302 g/mol. The number of aliphatic hydroxyl groups is 1. The maximum absolute atomic E-state index is 12.2. The highest BCUT2D eigenvalue weighted by molar-refractivity contribution is 6.31. The summed E-state index contributed by atoms with van der Waals surface area (Å²) >= 11 is 5.91. The number of ether oxygens (including phenoxy) is 1. The molecule has 0 bridgehead atoms. The van der Waals surface area contributed by atoms with Crippen molar-refractivity contribution in [3.8, 4) is 5.75 Å². The van der Waals surface area contributed by atoms with Gasteiger partial charge in [-0.05, 0) is 30.2 Å². The van der Waals surface area contributed by atoms with E-state index in [1.54, 1.807) is 18.2 Å². The Morgan fingerprint density at radius 2 is 2.00 bits per heavy atom. The minimum Gasteiger partial charge on any atom is -0.496 e. The Hall–Kier alpha value is -2.04. The second-order valence-corrected chi connectivity index (χ2v) is 5.25. The summed E-state index contributed by atoms with van der Waals surface area (Å²) in [4.78, 5) is 12.2. The molecule has 0 aliphatic carbocycles. The van der Waals surface area contributed by atoms with Gasteiger partial charge in [-0.3, -0.25) is 4.79 Å². The van der Waals surface area contributed by atoms with Crippen molar-refractivity contribution in [3.05, 3.63) is 64.7 Å². The number of aliphatic hydroxyl groups excluding tert-OH is 1. The van der Waals surface area contributed by atoms with E-state index in [9.17, 15) is 9.90 Å². The standard InChI is InChI=1S/C17H18ClNO3/c1-22-16-8-7-13(18)11-14(16)17(21)19-10-9-15(20)12-5-3-2-4-6-12/h2-8,11,15,20H,9-10H2,1H3,(H,19,21)/t15-/m1/s1. The fourth-order valence-electron chi connectivity index (χ4n) is 2.12. The topological polar surface area (TPSA) is 58.6 Å². The van der Waals surface area contributed by atoms with Crippen LogP contribution in [0.15, 0.2) is 48.5 Å². The van der Waals surface area contributed by atoms with E-state index in [0.717, 1.165) is 5.56 Å². The Morgan fingerprint density at radius 1 is 1.27 bits per heavy atom. The lowest BCUT2D eigenvalue weighted by molar-refractivity contribution is 0.0939. The molecule has 0 fully saturated rings. The Morgan fingerprint density at radius 3 is 2.68 bits per heavy atom. The number of hydrogen-bond donors (Lipinski definition) is 2. The van der Waals surface area contributed by atoms with Gasteiger partial charge in [0.1, 0.15) is 5.75 Å². The van der Waals surface area contributed by atoms with Crippen molar-refractivity contribution in [2.75, 3.05) is 13.7 Å². The first-order valence-electron chi connectivity index (χ1n) is 6.96. The van der Waals surface area contributed by atoms with E-state index in [0.29, 0.717) is 29.3 Å². The van der Waals surface area contributed by atoms with E-state index in [1.165, 1.54) is 7.11 Å². The number of hydrogen-bond acceptors (Lipinski definition) is 3. The molecule has 4 nitrogen and oxygen atoms in total. The highest BCUT2D eigenvalue weighted by atomic mass is 35.5. The maximum atomic E-state index is 12.2. The number of methoxy groups -OCH3 is 1. The van der Waals surface area contributed by atoms with E-state index >= 15 is 0 Å². The molecule has 2 aromatic carbocycles. The number of carbonyl (C=O) groups excluding carboxylic acids is 1. The summed E-state index contributed by atoms with van der Waals surface area (Å²) in [7, 11) is 1.50. The van der Waals surface area contributed by atoms with Crippen molar-refractivity contribution in [2.45, 2.75) is 12.5 Å². The first-order chi connectivity index (χ1) is 10.6. The molecule has 2 aromatic rings. The van der Waals surface area contributed by atoms with Crippen LogP contribution < -0.4 is 10.1 Å². The number of halogens is 1. The number of benzene rings is 2. The molecule has 0 spiro atoms. The largest absolute Gasteiger partial charge is 0.496 e. The van der Waals surface area contributed by atoms with Crippen molar-refractivity contribution in [1.82, 2.24) is 5.32 Å². The van der Waals surface area contributed by atoms with Crippen LogP contribution in [0.5, 0.6) is 5.75 Å². The number of amides is 1. The predicted molar refractivity (Wildman–Crippen MR) is 86.4 cm³/mol. The number of nitrogens with one attached hydrogen (secondary N) is 1. The molecule has 2 N–H and O–H groups in total. The second-order valence-electron chi connectivity index (χ2n) is 4.82. The summed E-state index contributed by atoms with van der Waals surface area (Å²) in [5.41, 5.74) is 1.21. The monoisotopic (exact) mass is 319 g/mol. The third-order valence-corrected chi connectivity index (χ3v) is 3.53. The van der Waals surface area contributed by atoms with Crippen LogP contribution in [-0.4, -0.2) is 24.7 Å². The molecular formula is C17H18ClNO3. The van der Waals surface area contributed by atoms with Crippen molar-refractivity contribution < 1.29 is 14.6 Å².